The summed E-state index contributed by atoms with van der Waals surface area (Å²) in [7, 11) is 0. The van der Waals surface area contributed by atoms with Gasteiger partial charge >= 0.3 is 0 Å². The van der Waals surface area contributed by atoms with Crippen molar-refractivity contribution in [1.29, 1.82) is 0 Å². The molecule has 0 aliphatic heterocycles. The van der Waals surface area contributed by atoms with Gasteiger partial charge in [0.25, 0.3) is 0 Å². The molecule has 0 unspecified atom stereocenters. The minimum atomic E-state index is -1.54. The Balaban J connectivity index is 1.94. The van der Waals surface area contributed by atoms with Crippen molar-refractivity contribution in [2.24, 2.45) is 0 Å². The summed E-state index contributed by atoms with van der Waals surface area (Å²) in [6, 6.07) is 28.9. The van der Waals surface area contributed by atoms with Crippen molar-refractivity contribution in [3.63, 3.8) is 0 Å². The largest absolute Gasteiger partial charge is 0.364 e. The van der Waals surface area contributed by atoms with Gasteiger partial charge in [-0.05, 0) is 47.7 Å². The van der Waals surface area contributed by atoms with Crippen molar-refractivity contribution >= 4 is 6.08 Å². The molecule has 0 bridgehead atoms. The van der Waals surface area contributed by atoms with E-state index >= 15 is 0 Å². The van der Waals surface area contributed by atoms with Gasteiger partial charge < -0.3 is 5.11 Å². The summed E-state index contributed by atoms with van der Waals surface area (Å²) < 4.78 is 0. The van der Waals surface area contributed by atoms with Crippen LogP contribution in [0, 0.1) is 23.7 Å². The zero-order valence-corrected chi connectivity index (χ0v) is 14.3. The van der Waals surface area contributed by atoms with Gasteiger partial charge in [-0.15, -0.1) is 0 Å². The fraction of sp³-hybridized carbons (Fsp3) is 0.0400. The van der Waals surface area contributed by atoms with E-state index in [1.807, 2.05) is 97.1 Å². The lowest BCUT2D eigenvalue weighted by Crippen LogP contribution is -2.20. The van der Waals surface area contributed by atoms with E-state index in [0.29, 0.717) is 0 Å². The predicted octanol–water partition coefficient (Wildman–Crippen LogP) is 4.53. The van der Waals surface area contributed by atoms with Crippen LogP contribution in [0.15, 0.2) is 97.1 Å². The van der Waals surface area contributed by atoms with Gasteiger partial charge in [0, 0.05) is 11.1 Å². The predicted molar refractivity (Wildman–Crippen MR) is 107 cm³/mol. The molecule has 0 saturated heterocycles. The average molecular weight is 334 g/mol. The van der Waals surface area contributed by atoms with Gasteiger partial charge in [0.1, 0.15) is 0 Å². The van der Waals surface area contributed by atoms with E-state index in [-0.39, 0.29) is 0 Å². The summed E-state index contributed by atoms with van der Waals surface area (Å²) in [4.78, 5) is 0. The minimum Gasteiger partial charge on any atom is -0.364 e. The average Bonchev–Trinajstić information content (AvgIpc) is 2.72. The molecule has 0 fully saturated rings. The molecule has 0 atom stereocenters. The molecular weight excluding hydrogens is 316 g/mol. The number of benzene rings is 3. The van der Waals surface area contributed by atoms with E-state index in [1.54, 1.807) is 6.08 Å². The topological polar surface area (TPSA) is 20.2 Å². The zero-order valence-electron chi connectivity index (χ0n) is 14.3. The lowest BCUT2D eigenvalue weighted by molar-refractivity contribution is 0.215. The molecule has 0 heterocycles. The SMILES string of the molecule is OC(C#Cc1ccccc1)(C#Cc1ccccc1)C=Cc1ccccc1. The first-order valence-corrected chi connectivity index (χ1v) is 8.37. The third-order valence-electron chi connectivity index (χ3n) is 3.66. The molecule has 3 aromatic rings. The van der Waals surface area contributed by atoms with E-state index in [4.69, 9.17) is 0 Å². The second-order valence-electron chi connectivity index (χ2n) is 5.74. The second kappa shape index (κ2) is 8.54. The van der Waals surface area contributed by atoms with E-state index in [1.165, 1.54) is 0 Å². The summed E-state index contributed by atoms with van der Waals surface area (Å²) in [5.74, 6) is 11.8. The maximum atomic E-state index is 11.0. The zero-order chi connectivity index (χ0) is 18.1. The lowest BCUT2D eigenvalue weighted by Gasteiger charge is -2.09. The fourth-order valence-electron chi connectivity index (χ4n) is 2.27. The van der Waals surface area contributed by atoms with Crippen LogP contribution in [0.2, 0.25) is 0 Å². The highest BCUT2D eigenvalue weighted by atomic mass is 16.3. The first-order valence-electron chi connectivity index (χ1n) is 8.37. The van der Waals surface area contributed by atoms with Crippen molar-refractivity contribution in [2.45, 2.75) is 5.60 Å². The highest BCUT2D eigenvalue weighted by molar-refractivity contribution is 5.56. The molecule has 26 heavy (non-hydrogen) atoms. The Morgan fingerprint density at radius 2 is 1.04 bits per heavy atom. The molecule has 1 nitrogen and oxygen atoms in total. The third-order valence-corrected chi connectivity index (χ3v) is 3.66. The summed E-state index contributed by atoms with van der Waals surface area (Å²) in [6.07, 6.45) is 3.47. The molecule has 0 aromatic heterocycles. The van der Waals surface area contributed by atoms with E-state index in [9.17, 15) is 5.11 Å². The Bertz CT molecular complexity index is 922. The van der Waals surface area contributed by atoms with E-state index < -0.39 is 5.60 Å². The van der Waals surface area contributed by atoms with Gasteiger partial charge in [0.2, 0.25) is 5.60 Å². The Morgan fingerprint density at radius 1 is 0.615 bits per heavy atom. The van der Waals surface area contributed by atoms with Crippen molar-refractivity contribution in [3.8, 4) is 23.7 Å². The molecule has 0 aliphatic rings. The minimum absolute atomic E-state index is 0.834. The van der Waals surface area contributed by atoms with Crippen molar-refractivity contribution < 1.29 is 5.11 Å². The Hall–Kier alpha value is -3.52. The summed E-state index contributed by atoms with van der Waals surface area (Å²) in [5.41, 5.74) is 1.11. The lowest BCUT2D eigenvalue weighted by atomic mass is 10.0. The molecule has 3 rings (SSSR count). The van der Waals surface area contributed by atoms with Crippen LogP contribution < -0.4 is 0 Å². The van der Waals surface area contributed by atoms with Crippen LogP contribution in [0.5, 0.6) is 0 Å². The highest BCUT2D eigenvalue weighted by Crippen LogP contribution is 2.10. The standard InChI is InChI=1S/C25H18O/c26-25(19-16-22-10-4-1-5-11-22,20-17-23-12-6-2-7-13-23)21-18-24-14-8-3-9-15-24/h1-16,19,26H. The molecular formula is C25H18O. The Kier molecular flexibility index (Phi) is 5.69. The molecule has 3 aromatic carbocycles. The molecule has 1 N–H and O–H groups in total. The summed E-state index contributed by atoms with van der Waals surface area (Å²) in [6.45, 7) is 0. The van der Waals surface area contributed by atoms with Gasteiger partial charge in [0.05, 0.1) is 0 Å². The summed E-state index contributed by atoms with van der Waals surface area (Å²) in [5, 5.41) is 11.0. The molecule has 0 amide bonds. The molecule has 0 saturated carbocycles. The number of hydrogen-bond donors (Lipinski definition) is 1. The molecule has 124 valence electrons. The van der Waals surface area contributed by atoms with Crippen LogP contribution in [0.4, 0.5) is 0 Å². The van der Waals surface area contributed by atoms with E-state index in [0.717, 1.165) is 16.7 Å². The monoisotopic (exact) mass is 334 g/mol. The number of hydrogen-bond acceptors (Lipinski definition) is 1. The first kappa shape index (κ1) is 17.3. The van der Waals surface area contributed by atoms with E-state index in [2.05, 4.69) is 23.7 Å². The van der Waals surface area contributed by atoms with Crippen molar-refractivity contribution in [2.75, 3.05) is 0 Å². The summed E-state index contributed by atoms with van der Waals surface area (Å²) >= 11 is 0. The van der Waals surface area contributed by atoms with Crippen LogP contribution in [-0.4, -0.2) is 10.7 Å². The van der Waals surface area contributed by atoms with Crippen LogP contribution in [0.1, 0.15) is 16.7 Å². The Labute approximate surface area is 154 Å². The number of aliphatic hydroxyl groups is 1. The van der Waals surface area contributed by atoms with Crippen LogP contribution in [0.3, 0.4) is 0 Å². The normalized spacial score (nSPS) is 10.5. The fourth-order valence-corrected chi connectivity index (χ4v) is 2.27. The van der Waals surface area contributed by atoms with Crippen LogP contribution in [-0.2, 0) is 0 Å². The third kappa shape index (κ3) is 5.25. The second-order valence-corrected chi connectivity index (χ2v) is 5.74. The molecule has 0 spiro atoms. The van der Waals surface area contributed by atoms with Gasteiger partial charge in [0.15, 0.2) is 0 Å². The van der Waals surface area contributed by atoms with Gasteiger partial charge in [-0.1, -0.05) is 84.6 Å². The molecule has 0 aliphatic carbocycles. The smallest absolute Gasteiger partial charge is 0.207 e. The quantitative estimate of drug-likeness (QED) is 0.683. The molecule has 0 radical (unpaired) electrons. The van der Waals surface area contributed by atoms with Crippen molar-refractivity contribution in [1.82, 2.24) is 0 Å². The number of rotatable bonds is 2. The van der Waals surface area contributed by atoms with Gasteiger partial charge in [-0.2, -0.15) is 0 Å². The molecule has 1 heteroatoms. The van der Waals surface area contributed by atoms with Crippen LogP contribution in [0.25, 0.3) is 6.08 Å². The van der Waals surface area contributed by atoms with Gasteiger partial charge in [-0.25, -0.2) is 0 Å². The van der Waals surface area contributed by atoms with Crippen molar-refractivity contribution in [3.05, 3.63) is 114 Å². The van der Waals surface area contributed by atoms with Gasteiger partial charge in [-0.3, -0.25) is 0 Å². The van der Waals surface area contributed by atoms with Crippen LogP contribution >= 0.6 is 0 Å². The Morgan fingerprint density at radius 3 is 1.50 bits per heavy atom. The maximum absolute atomic E-state index is 11.0. The highest BCUT2D eigenvalue weighted by Gasteiger charge is 2.16. The maximum Gasteiger partial charge on any atom is 0.207 e. The first-order chi connectivity index (χ1) is 12.7.